The average molecular weight is 203 g/mol. The van der Waals surface area contributed by atoms with Crippen LogP contribution in [0.25, 0.3) is 0 Å². The molecule has 0 fully saturated rings. The molecule has 56 valence electrons. The number of ether oxygens (including phenoxy) is 1. The second-order valence-electron chi connectivity index (χ2n) is 2.65. The van der Waals surface area contributed by atoms with Gasteiger partial charge in [0.2, 0.25) is 0 Å². The Balaban J connectivity index is 2.76. The predicted molar refractivity (Wildman–Crippen MR) is 46.2 cm³/mol. The van der Waals surface area contributed by atoms with Crippen LogP contribution in [0.5, 0.6) is 0 Å². The van der Waals surface area contributed by atoms with E-state index in [1.54, 1.807) is 7.11 Å². The Morgan fingerprint density at radius 1 is 1.70 bits per heavy atom. The third-order valence-corrected chi connectivity index (χ3v) is 2.20. The number of hydrogen-bond acceptors (Lipinski definition) is 1. The molecule has 2 heteroatoms. The molecule has 1 rings (SSSR count). The smallest absolute Gasteiger partial charge is 0.0878 e. The summed E-state index contributed by atoms with van der Waals surface area (Å²) in [7, 11) is 1.73. The van der Waals surface area contributed by atoms with Crippen molar-refractivity contribution in [1.82, 2.24) is 0 Å². The van der Waals surface area contributed by atoms with Crippen molar-refractivity contribution < 1.29 is 4.74 Å². The fourth-order valence-corrected chi connectivity index (χ4v) is 1.62. The van der Waals surface area contributed by atoms with E-state index < -0.39 is 0 Å². The van der Waals surface area contributed by atoms with Gasteiger partial charge in [-0.1, -0.05) is 28.1 Å². The average Bonchev–Trinajstić information content (AvgIpc) is 1.88. The Hall–Kier alpha value is -0.0800. The first kappa shape index (κ1) is 8.02. The summed E-state index contributed by atoms with van der Waals surface area (Å²) in [6.45, 7) is 2.07. The Morgan fingerprint density at radius 2 is 2.40 bits per heavy atom. The normalized spacial score (nSPS) is 32.1. The highest BCUT2D eigenvalue weighted by atomic mass is 79.9. The maximum Gasteiger partial charge on any atom is 0.0878 e. The van der Waals surface area contributed by atoms with Crippen molar-refractivity contribution in [3.8, 4) is 0 Å². The second-order valence-corrected chi connectivity index (χ2v) is 3.57. The number of allylic oxidation sites excluding steroid dienone is 2. The van der Waals surface area contributed by atoms with Gasteiger partial charge in [0.1, 0.15) is 0 Å². The zero-order valence-corrected chi connectivity index (χ0v) is 7.81. The summed E-state index contributed by atoms with van der Waals surface area (Å²) in [5.41, 5.74) is -0.104. The minimum absolute atomic E-state index is 0.104. The van der Waals surface area contributed by atoms with Gasteiger partial charge in [-0.2, -0.15) is 0 Å². The first-order valence-electron chi connectivity index (χ1n) is 3.26. The zero-order valence-electron chi connectivity index (χ0n) is 6.23. The molecule has 0 saturated carbocycles. The molecule has 1 aliphatic rings. The lowest BCUT2D eigenvalue weighted by atomic mass is 9.98. The summed E-state index contributed by atoms with van der Waals surface area (Å²) >= 11 is 3.40. The first-order valence-corrected chi connectivity index (χ1v) is 4.06. The van der Waals surface area contributed by atoms with Gasteiger partial charge in [0.05, 0.1) is 5.60 Å². The zero-order chi connectivity index (χ0) is 7.61. The number of methoxy groups -OCH3 is 1. The molecular formula is C8H11BrO. The van der Waals surface area contributed by atoms with Crippen LogP contribution in [0.2, 0.25) is 0 Å². The minimum Gasteiger partial charge on any atom is -0.374 e. The largest absolute Gasteiger partial charge is 0.374 e. The molecule has 0 aromatic carbocycles. The molecule has 0 saturated heterocycles. The van der Waals surface area contributed by atoms with Crippen LogP contribution in [0.15, 0.2) is 22.7 Å². The lowest BCUT2D eigenvalue weighted by Gasteiger charge is -2.25. The SMILES string of the molecule is COC1(C)C=C(Br)C=CC1. The van der Waals surface area contributed by atoms with Crippen molar-refractivity contribution in [3.63, 3.8) is 0 Å². The molecule has 1 nitrogen and oxygen atoms in total. The lowest BCUT2D eigenvalue weighted by Crippen LogP contribution is -2.24. The third-order valence-electron chi connectivity index (χ3n) is 1.71. The molecular weight excluding hydrogens is 192 g/mol. The van der Waals surface area contributed by atoms with Gasteiger partial charge in [-0.05, 0) is 19.4 Å². The third kappa shape index (κ3) is 1.70. The van der Waals surface area contributed by atoms with Crippen molar-refractivity contribution in [2.75, 3.05) is 7.11 Å². The molecule has 0 heterocycles. The molecule has 0 spiro atoms. The maximum atomic E-state index is 5.29. The molecule has 1 unspecified atom stereocenters. The van der Waals surface area contributed by atoms with E-state index in [-0.39, 0.29) is 5.60 Å². The Kier molecular flexibility index (Phi) is 2.32. The Bertz CT molecular complexity index is 184. The molecule has 10 heavy (non-hydrogen) atoms. The molecule has 0 aliphatic heterocycles. The van der Waals surface area contributed by atoms with Crippen LogP contribution >= 0.6 is 15.9 Å². The van der Waals surface area contributed by atoms with Crippen molar-refractivity contribution in [1.29, 1.82) is 0 Å². The highest BCUT2D eigenvalue weighted by Crippen LogP contribution is 2.26. The fraction of sp³-hybridized carbons (Fsp3) is 0.500. The van der Waals surface area contributed by atoms with Gasteiger partial charge in [0.25, 0.3) is 0 Å². The fourth-order valence-electron chi connectivity index (χ4n) is 0.946. The van der Waals surface area contributed by atoms with Crippen molar-refractivity contribution in [3.05, 3.63) is 22.7 Å². The molecule has 1 atom stereocenters. The summed E-state index contributed by atoms with van der Waals surface area (Å²) < 4.78 is 6.39. The van der Waals surface area contributed by atoms with Gasteiger partial charge in [-0.15, -0.1) is 0 Å². The molecule has 0 aromatic rings. The summed E-state index contributed by atoms with van der Waals surface area (Å²) in [6.07, 6.45) is 7.18. The van der Waals surface area contributed by atoms with Crippen LogP contribution in [-0.4, -0.2) is 12.7 Å². The predicted octanol–water partition coefficient (Wildman–Crippen LogP) is 2.63. The first-order chi connectivity index (χ1) is 4.66. The number of halogens is 1. The van der Waals surface area contributed by atoms with E-state index in [1.807, 2.05) is 6.08 Å². The van der Waals surface area contributed by atoms with E-state index in [0.29, 0.717) is 0 Å². The molecule has 0 aromatic heterocycles. The van der Waals surface area contributed by atoms with E-state index in [4.69, 9.17) is 4.74 Å². The lowest BCUT2D eigenvalue weighted by molar-refractivity contribution is 0.0504. The molecule has 0 radical (unpaired) electrons. The standard InChI is InChI=1S/C8H11BrO/c1-8(10-2)5-3-4-7(9)6-8/h3-4,6H,5H2,1-2H3. The van der Waals surface area contributed by atoms with E-state index >= 15 is 0 Å². The van der Waals surface area contributed by atoms with Gasteiger partial charge in [0, 0.05) is 11.6 Å². The monoisotopic (exact) mass is 202 g/mol. The van der Waals surface area contributed by atoms with Crippen molar-refractivity contribution in [2.45, 2.75) is 18.9 Å². The van der Waals surface area contributed by atoms with Crippen LogP contribution < -0.4 is 0 Å². The highest BCUT2D eigenvalue weighted by Gasteiger charge is 2.21. The Labute approximate surface area is 69.9 Å². The van der Waals surface area contributed by atoms with E-state index in [2.05, 4.69) is 35.0 Å². The molecule has 0 amide bonds. The molecule has 1 aliphatic carbocycles. The number of hydrogen-bond donors (Lipinski definition) is 0. The van der Waals surface area contributed by atoms with E-state index in [9.17, 15) is 0 Å². The minimum atomic E-state index is -0.104. The van der Waals surface area contributed by atoms with E-state index in [0.717, 1.165) is 10.9 Å². The van der Waals surface area contributed by atoms with Crippen LogP contribution in [0, 0.1) is 0 Å². The molecule has 0 bridgehead atoms. The van der Waals surface area contributed by atoms with Crippen LogP contribution in [0.3, 0.4) is 0 Å². The number of rotatable bonds is 1. The van der Waals surface area contributed by atoms with Gasteiger partial charge in [-0.3, -0.25) is 0 Å². The van der Waals surface area contributed by atoms with Crippen LogP contribution in [0.4, 0.5) is 0 Å². The summed E-state index contributed by atoms with van der Waals surface area (Å²) in [5, 5.41) is 0. The van der Waals surface area contributed by atoms with Gasteiger partial charge < -0.3 is 4.74 Å². The maximum absolute atomic E-state index is 5.29. The summed E-state index contributed by atoms with van der Waals surface area (Å²) in [5.74, 6) is 0. The van der Waals surface area contributed by atoms with Crippen molar-refractivity contribution >= 4 is 15.9 Å². The second kappa shape index (κ2) is 2.89. The molecule has 0 N–H and O–H groups in total. The summed E-state index contributed by atoms with van der Waals surface area (Å²) in [4.78, 5) is 0. The quantitative estimate of drug-likeness (QED) is 0.636. The Morgan fingerprint density at radius 3 is 2.80 bits per heavy atom. The van der Waals surface area contributed by atoms with Crippen LogP contribution in [0.1, 0.15) is 13.3 Å². The topological polar surface area (TPSA) is 9.23 Å². The van der Waals surface area contributed by atoms with Gasteiger partial charge >= 0.3 is 0 Å². The highest BCUT2D eigenvalue weighted by molar-refractivity contribution is 9.11. The van der Waals surface area contributed by atoms with Crippen molar-refractivity contribution in [2.24, 2.45) is 0 Å². The van der Waals surface area contributed by atoms with Crippen LogP contribution in [-0.2, 0) is 4.74 Å². The van der Waals surface area contributed by atoms with Gasteiger partial charge in [-0.25, -0.2) is 0 Å². The van der Waals surface area contributed by atoms with Gasteiger partial charge in [0.15, 0.2) is 0 Å². The van der Waals surface area contributed by atoms with E-state index in [1.165, 1.54) is 0 Å². The summed E-state index contributed by atoms with van der Waals surface area (Å²) in [6, 6.07) is 0.